The Kier molecular flexibility index (Phi) is 4.15. The van der Waals surface area contributed by atoms with Crippen molar-refractivity contribution in [3.8, 4) is 5.75 Å². The number of hydrogen-bond donors (Lipinski definition) is 3. The Bertz CT molecular complexity index is 814. The molecule has 2 aromatic carbocycles. The van der Waals surface area contributed by atoms with Gasteiger partial charge in [0, 0.05) is 11.3 Å². The second kappa shape index (κ2) is 6.41. The molecular weight excluding hydrogens is 312 g/mol. The number of carboxylic acids is 1. The van der Waals surface area contributed by atoms with Crippen LogP contribution in [0.4, 0.5) is 11.4 Å². The number of carbonyl (C=O) groups is 3. The molecular formula is C17H14N2O5. The summed E-state index contributed by atoms with van der Waals surface area (Å²) in [4.78, 5) is 34.3. The van der Waals surface area contributed by atoms with Crippen LogP contribution in [-0.4, -0.2) is 29.5 Å². The Morgan fingerprint density at radius 2 is 1.92 bits per heavy atom. The number of carbonyl (C=O) groups excluding carboxylic acids is 2. The fourth-order valence-corrected chi connectivity index (χ4v) is 2.31. The van der Waals surface area contributed by atoms with E-state index in [1.54, 1.807) is 42.5 Å². The van der Waals surface area contributed by atoms with Crippen LogP contribution in [0.3, 0.4) is 0 Å². The highest BCUT2D eigenvalue weighted by Gasteiger charge is 2.17. The lowest BCUT2D eigenvalue weighted by Crippen LogP contribution is -2.25. The average molecular weight is 326 g/mol. The quantitative estimate of drug-likeness (QED) is 0.796. The zero-order chi connectivity index (χ0) is 17.1. The van der Waals surface area contributed by atoms with Gasteiger partial charge in [0.05, 0.1) is 12.1 Å². The van der Waals surface area contributed by atoms with Gasteiger partial charge in [-0.25, -0.2) is 0 Å². The molecule has 0 aliphatic carbocycles. The molecule has 0 saturated heterocycles. The monoisotopic (exact) mass is 326 g/mol. The Morgan fingerprint density at radius 3 is 2.62 bits per heavy atom. The summed E-state index contributed by atoms with van der Waals surface area (Å²) in [5.41, 5.74) is 2.02. The Morgan fingerprint density at radius 1 is 1.17 bits per heavy atom. The summed E-state index contributed by atoms with van der Waals surface area (Å²) in [6.45, 7) is -0.0404. The molecule has 122 valence electrons. The van der Waals surface area contributed by atoms with Crippen LogP contribution in [0.25, 0.3) is 0 Å². The Hall–Kier alpha value is -3.35. The minimum Gasteiger partial charge on any atom is -0.482 e. The molecule has 1 aliphatic heterocycles. The Balaban J connectivity index is 1.72. The molecule has 0 atom stereocenters. The predicted octanol–water partition coefficient (Wildman–Crippen LogP) is 1.90. The van der Waals surface area contributed by atoms with Gasteiger partial charge >= 0.3 is 5.97 Å². The van der Waals surface area contributed by atoms with Gasteiger partial charge in [-0.05, 0) is 35.9 Å². The molecule has 0 radical (unpaired) electrons. The number of nitrogens with one attached hydrogen (secondary N) is 2. The van der Waals surface area contributed by atoms with Crippen molar-refractivity contribution in [2.75, 3.05) is 17.2 Å². The average Bonchev–Trinajstić information content (AvgIpc) is 2.55. The topological polar surface area (TPSA) is 105 Å². The van der Waals surface area contributed by atoms with Crippen LogP contribution in [0.2, 0.25) is 0 Å². The molecule has 3 rings (SSSR count). The van der Waals surface area contributed by atoms with E-state index in [1.807, 2.05) is 0 Å². The molecule has 2 amide bonds. The summed E-state index contributed by atoms with van der Waals surface area (Å²) in [5, 5.41) is 14.1. The molecule has 0 spiro atoms. The van der Waals surface area contributed by atoms with Gasteiger partial charge in [0.1, 0.15) is 5.75 Å². The summed E-state index contributed by atoms with van der Waals surface area (Å²) in [5.74, 6) is -1.01. The lowest BCUT2D eigenvalue weighted by molar-refractivity contribution is -0.136. The first-order valence-electron chi connectivity index (χ1n) is 7.20. The third kappa shape index (κ3) is 3.52. The van der Waals surface area contributed by atoms with Gasteiger partial charge in [-0.2, -0.15) is 0 Å². The second-order valence-corrected chi connectivity index (χ2v) is 5.27. The third-order valence-electron chi connectivity index (χ3n) is 3.44. The van der Waals surface area contributed by atoms with Crippen molar-refractivity contribution in [3.63, 3.8) is 0 Å². The molecule has 0 bridgehead atoms. The van der Waals surface area contributed by atoms with Crippen LogP contribution in [0.5, 0.6) is 5.75 Å². The number of benzene rings is 2. The van der Waals surface area contributed by atoms with Crippen molar-refractivity contribution in [1.82, 2.24) is 0 Å². The highest BCUT2D eigenvalue weighted by Crippen LogP contribution is 2.28. The first-order chi connectivity index (χ1) is 11.5. The van der Waals surface area contributed by atoms with E-state index < -0.39 is 5.97 Å². The first-order valence-corrected chi connectivity index (χ1v) is 7.20. The van der Waals surface area contributed by atoms with Gasteiger partial charge in [0.2, 0.25) is 0 Å². The molecule has 0 unspecified atom stereocenters. The number of rotatable bonds is 4. The summed E-state index contributed by atoms with van der Waals surface area (Å²) in [7, 11) is 0. The fourth-order valence-electron chi connectivity index (χ4n) is 2.31. The number of amides is 2. The molecule has 1 aliphatic rings. The highest BCUT2D eigenvalue weighted by atomic mass is 16.5. The smallest absolute Gasteiger partial charge is 0.307 e. The highest BCUT2D eigenvalue weighted by molar-refractivity contribution is 6.06. The Labute approximate surface area is 137 Å². The largest absolute Gasteiger partial charge is 0.482 e. The van der Waals surface area contributed by atoms with Crippen molar-refractivity contribution < 1.29 is 24.2 Å². The number of ether oxygens (including phenoxy) is 1. The van der Waals surface area contributed by atoms with Crippen molar-refractivity contribution in [2.24, 2.45) is 0 Å². The first kappa shape index (κ1) is 15.5. The number of carboxylic acid groups (broad SMARTS) is 1. The van der Waals surface area contributed by atoms with E-state index >= 15 is 0 Å². The van der Waals surface area contributed by atoms with E-state index in [4.69, 9.17) is 9.84 Å². The molecule has 1 heterocycles. The molecule has 0 fully saturated rings. The van der Waals surface area contributed by atoms with Gasteiger partial charge < -0.3 is 20.5 Å². The normalized spacial score (nSPS) is 12.6. The van der Waals surface area contributed by atoms with Gasteiger partial charge in [0.25, 0.3) is 11.8 Å². The number of fused-ring (bicyclic) bond motifs is 1. The molecule has 2 aromatic rings. The van der Waals surface area contributed by atoms with E-state index in [1.165, 1.54) is 0 Å². The van der Waals surface area contributed by atoms with Gasteiger partial charge in [-0.15, -0.1) is 0 Å². The maximum Gasteiger partial charge on any atom is 0.307 e. The molecule has 0 aromatic heterocycles. The maximum absolute atomic E-state index is 12.3. The van der Waals surface area contributed by atoms with Crippen LogP contribution < -0.4 is 15.4 Å². The van der Waals surface area contributed by atoms with E-state index in [-0.39, 0.29) is 24.8 Å². The zero-order valence-corrected chi connectivity index (χ0v) is 12.5. The number of aliphatic carboxylic acids is 1. The van der Waals surface area contributed by atoms with Crippen LogP contribution in [0, 0.1) is 0 Å². The van der Waals surface area contributed by atoms with Crippen LogP contribution in [-0.2, 0) is 16.0 Å². The molecule has 3 N–H and O–H groups in total. The van der Waals surface area contributed by atoms with E-state index in [0.29, 0.717) is 28.3 Å². The van der Waals surface area contributed by atoms with Gasteiger partial charge in [-0.3, -0.25) is 14.4 Å². The predicted molar refractivity (Wildman–Crippen MR) is 86.3 cm³/mol. The van der Waals surface area contributed by atoms with Crippen molar-refractivity contribution >= 4 is 29.2 Å². The molecule has 24 heavy (non-hydrogen) atoms. The van der Waals surface area contributed by atoms with E-state index in [9.17, 15) is 14.4 Å². The van der Waals surface area contributed by atoms with Crippen LogP contribution in [0.15, 0.2) is 42.5 Å². The van der Waals surface area contributed by atoms with Crippen LogP contribution in [0.1, 0.15) is 15.9 Å². The van der Waals surface area contributed by atoms with Crippen molar-refractivity contribution in [3.05, 3.63) is 53.6 Å². The van der Waals surface area contributed by atoms with Gasteiger partial charge in [0.15, 0.2) is 6.61 Å². The number of anilines is 2. The van der Waals surface area contributed by atoms with E-state index in [0.717, 1.165) is 0 Å². The van der Waals surface area contributed by atoms with E-state index in [2.05, 4.69) is 10.6 Å². The third-order valence-corrected chi connectivity index (χ3v) is 3.44. The zero-order valence-electron chi connectivity index (χ0n) is 12.5. The summed E-state index contributed by atoms with van der Waals surface area (Å²) in [6.07, 6.45) is -0.0707. The SMILES string of the molecule is O=C(O)Cc1ccc(NC(=O)c2ccc3c(c2)NC(=O)CO3)cc1. The lowest BCUT2D eigenvalue weighted by atomic mass is 10.1. The standard InChI is InChI=1S/C17H14N2O5/c20-15-9-24-14-6-3-11(8-13(14)19-15)17(23)18-12-4-1-10(2-5-12)7-16(21)22/h1-6,8H,7,9H2,(H,18,23)(H,19,20)(H,21,22). The molecule has 0 saturated carbocycles. The summed E-state index contributed by atoms with van der Waals surface area (Å²) in [6, 6.07) is 11.3. The molecule has 7 nitrogen and oxygen atoms in total. The molecule has 7 heteroatoms. The van der Waals surface area contributed by atoms with Crippen molar-refractivity contribution in [1.29, 1.82) is 0 Å². The number of hydrogen-bond acceptors (Lipinski definition) is 4. The summed E-state index contributed by atoms with van der Waals surface area (Å²) >= 11 is 0. The summed E-state index contributed by atoms with van der Waals surface area (Å²) < 4.78 is 5.24. The lowest BCUT2D eigenvalue weighted by Gasteiger charge is -2.18. The van der Waals surface area contributed by atoms with Gasteiger partial charge in [-0.1, -0.05) is 12.1 Å². The minimum absolute atomic E-state index is 0.0404. The fraction of sp³-hybridized carbons (Fsp3) is 0.118. The maximum atomic E-state index is 12.3. The van der Waals surface area contributed by atoms with Crippen molar-refractivity contribution in [2.45, 2.75) is 6.42 Å². The second-order valence-electron chi connectivity index (χ2n) is 5.27. The minimum atomic E-state index is -0.912. The van der Waals surface area contributed by atoms with Crippen LogP contribution >= 0.6 is 0 Å².